The van der Waals surface area contributed by atoms with Crippen molar-refractivity contribution in [3.63, 3.8) is 0 Å². The number of hydrogen-bond acceptors (Lipinski definition) is 4. The molecule has 0 saturated carbocycles. The molecule has 1 aliphatic heterocycles. The highest BCUT2D eigenvalue weighted by molar-refractivity contribution is 5.90. The second-order valence-corrected chi connectivity index (χ2v) is 6.94. The molecule has 3 rings (SSSR count). The van der Waals surface area contributed by atoms with E-state index in [1.54, 1.807) is 11.1 Å². The summed E-state index contributed by atoms with van der Waals surface area (Å²) in [7, 11) is 1.90. The molecule has 0 radical (unpaired) electrons. The summed E-state index contributed by atoms with van der Waals surface area (Å²) in [4.78, 5) is 18.4. The van der Waals surface area contributed by atoms with Gasteiger partial charge in [-0.3, -0.25) is 4.90 Å². The van der Waals surface area contributed by atoms with E-state index in [0.717, 1.165) is 29.2 Å². The number of fused-ring (bicyclic) bond motifs is 1. The number of aromatic nitrogens is 2. The van der Waals surface area contributed by atoms with Crippen molar-refractivity contribution in [3.05, 3.63) is 42.0 Å². The quantitative estimate of drug-likeness (QED) is 0.941. The normalized spacial score (nSPS) is 13.9. The van der Waals surface area contributed by atoms with E-state index in [9.17, 15) is 4.79 Å². The van der Waals surface area contributed by atoms with Crippen LogP contribution >= 0.6 is 0 Å². The van der Waals surface area contributed by atoms with Crippen LogP contribution in [0.2, 0.25) is 0 Å². The molecule has 1 N–H and O–H groups in total. The van der Waals surface area contributed by atoms with Crippen molar-refractivity contribution in [2.45, 2.75) is 39.3 Å². The van der Waals surface area contributed by atoms with Gasteiger partial charge in [0, 0.05) is 24.6 Å². The van der Waals surface area contributed by atoms with E-state index in [-0.39, 0.29) is 6.09 Å². The molecule has 0 aliphatic carbocycles. The molecule has 6 heteroatoms. The minimum absolute atomic E-state index is 0.285. The highest BCUT2D eigenvalue weighted by Crippen LogP contribution is 2.31. The van der Waals surface area contributed by atoms with Crippen LogP contribution in [0.4, 0.5) is 10.5 Å². The summed E-state index contributed by atoms with van der Waals surface area (Å²) in [5, 5.41) is 3.12. The summed E-state index contributed by atoms with van der Waals surface area (Å²) in [6.07, 6.45) is 4.30. The van der Waals surface area contributed by atoms with Crippen LogP contribution in [0.25, 0.3) is 5.69 Å². The molecule has 1 aromatic carbocycles. The number of rotatable bonds is 3. The third-order valence-corrected chi connectivity index (χ3v) is 3.90. The smallest absolute Gasteiger partial charge is 0.414 e. The zero-order valence-electron chi connectivity index (χ0n) is 14.7. The van der Waals surface area contributed by atoms with Crippen LogP contribution in [-0.2, 0) is 17.7 Å². The van der Waals surface area contributed by atoms with E-state index in [1.165, 1.54) is 0 Å². The van der Waals surface area contributed by atoms with E-state index < -0.39 is 5.60 Å². The lowest BCUT2D eigenvalue weighted by Crippen LogP contribution is -2.35. The second-order valence-electron chi connectivity index (χ2n) is 6.94. The van der Waals surface area contributed by atoms with Crippen molar-refractivity contribution in [2.75, 3.05) is 18.5 Å². The van der Waals surface area contributed by atoms with Gasteiger partial charge in [0.25, 0.3) is 0 Å². The van der Waals surface area contributed by atoms with Gasteiger partial charge in [-0.25, -0.2) is 9.78 Å². The Morgan fingerprint density at radius 2 is 2.17 bits per heavy atom. The lowest BCUT2D eigenvalue weighted by molar-refractivity contribution is 0.0584. The zero-order valence-corrected chi connectivity index (χ0v) is 14.7. The lowest BCUT2D eigenvalue weighted by Gasteiger charge is -2.24. The molecule has 0 spiro atoms. The number of amides is 1. The van der Waals surface area contributed by atoms with Crippen molar-refractivity contribution in [2.24, 2.45) is 0 Å². The number of imidazole rings is 1. The van der Waals surface area contributed by atoms with Gasteiger partial charge in [-0.1, -0.05) is 0 Å². The van der Waals surface area contributed by atoms with Gasteiger partial charge >= 0.3 is 6.09 Å². The molecule has 0 fully saturated rings. The van der Waals surface area contributed by atoms with Crippen molar-refractivity contribution >= 4 is 11.8 Å². The van der Waals surface area contributed by atoms with Crippen molar-refractivity contribution < 1.29 is 9.53 Å². The Labute approximate surface area is 142 Å². The number of anilines is 1. The fraction of sp³-hybridized carbons (Fsp3) is 0.444. The van der Waals surface area contributed by atoms with E-state index in [0.29, 0.717) is 13.1 Å². The standard InChI is InChI=1S/C18H24N4O2/c1-18(2,3)24-17(23)22-9-7-13-11-14(5-6-15(13)22)21-10-8-20-16(21)12-19-4/h5-6,8,10-11,19H,7,9,12H2,1-4H3. The average molecular weight is 328 g/mol. The number of benzene rings is 1. The fourth-order valence-corrected chi connectivity index (χ4v) is 2.90. The fourth-order valence-electron chi connectivity index (χ4n) is 2.90. The summed E-state index contributed by atoms with van der Waals surface area (Å²) in [6, 6.07) is 6.13. The lowest BCUT2D eigenvalue weighted by atomic mass is 10.1. The predicted octanol–water partition coefficient (Wildman–Crippen LogP) is 2.89. The number of carbonyl (C=O) groups excluding carboxylic acids is 1. The first-order chi connectivity index (χ1) is 11.4. The molecule has 1 aromatic heterocycles. The molecule has 0 saturated heterocycles. The number of nitrogens with one attached hydrogen (secondary N) is 1. The van der Waals surface area contributed by atoms with E-state index in [2.05, 4.69) is 20.9 Å². The second kappa shape index (κ2) is 6.28. The largest absolute Gasteiger partial charge is 0.443 e. The van der Waals surface area contributed by atoms with Crippen LogP contribution in [0.3, 0.4) is 0 Å². The number of ether oxygens (including phenoxy) is 1. The number of carbonyl (C=O) groups is 1. The van der Waals surface area contributed by atoms with Gasteiger partial charge in [-0.05, 0) is 58.0 Å². The molecule has 1 amide bonds. The molecule has 0 atom stereocenters. The Balaban J connectivity index is 1.86. The van der Waals surface area contributed by atoms with Crippen molar-refractivity contribution in [1.29, 1.82) is 0 Å². The Kier molecular flexibility index (Phi) is 4.32. The van der Waals surface area contributed by atoms with Crippen LogP contribution < -0.4 is 10.2 Å². The first-order valence-electron chi connectivity index (χ1n) is 8.20. The maximum Gasteiger partial charge on any atom is 0.414 e. The highest BCUT2D eigenvalue weighted by atomic mass is 16.6. The van der Waals surface area contributed by atoms with Crippen molar-refractivity contribution in [1.82, 2.24) is 14.9 Å². The third kappa shape index (κ3) is 3.28. The Morgan fingerprint density at radius 3 is 2.88 bits per heavy atom. The first-order valence-corrected chi connectivity index (χ1v) is 8.20. The zero-order chi connectivity index (χ0) is 17.3. The van der Waals surface area contributed by atoms with Crippen molar-refractivity contribution in [3.8, 4) is 5.69 Å². The summed E-state index contributed by atoms with van der Waals surface area (Å²) in [5.74, 6) is 0.958. The molecule has 6 nitrogen and oxygen atoms in total. The molecule has 1 aliphatic rings. The molecule has 2 heterocycles. The first kappa shape index (κ1) is 16.5. The van der Waals surface area contributed by atoms with Gasteiger partial charge in [0.1, 0.15) is 11.4 Å². The van der Waals surface area contributed by atoms with Crippen LogP contribution in [0.5, 0.6) is 0 Å². The van der Waals surface area contributed by atoms with E-state index in [1.807, 2.05) is 46.1 Å². The van der Waals surface area contributed by atoms with E-state index >= 15 is 0 Å². The molecule has 128 valence electrons. The van der Waals surface area contributed by atoms with Gasteiger partial charge in [-0.15, -0.1) is 0 Å². The predicted molar refractivity (Wildman–Crippen MR) is 93.6 cm³/mol. The maximum atomic E-state index is 12.4. The molecule has 0 bridgehead atoms. The van der Waals surface area contributed by atoms with Crippen LogP contribution in [0, 0.1) is 0 Å². The third-order valence-electron chi connectivity index (χ3n) is 3.90. The van der Waals surface area contributed by atoms with Gasteiger partial charge in [0.05, 0.1) is 12.2 Å². The number of hydrogen-bond donors (Lipinski definition) is 1. The Bertz CT molecular complexity index is 746. The van der Waals surface area contributed by atoms with E-state index in [4.69, 9.17) is 4.74 Å². The van der Waals surface area contributed by atoms with Gasteiger partial charge in [0.2, 0.25) is 0 Å². The minimum atomic E-state index is -0.487. The van der Waals surface area contributed by atoms with Gasteiger partial charge < -0.3 is 14.6 Å². The molecule has 24 heavy (non-hydrogen) atoms. The van der Waals surface area contributed by atoms with Crippen LogP contribution in [0.1, 0.15) is 32.2 Å². The van der Waals surface area contributed by atoms with Crippen LogP contribution in [0.15, 0.2) is 30.6 Å². The molecular weight excluding hydrogens is 304 g/mol. The van der Waals surface area contributed by atoms with Gasteiger partial charge in [-0.2, -0.15) is 0 Å². The maximum absolute atomic E-state index is 12.4. The molecular formula is C18H24N4O2. The number of nitrogens with zero attached hydrogens (tertiary/aromatic N) is 3. The minimum Gasteiger partial charge on any atom is -0.443 e. The Hall–Kier alpha value is -2.34. The topological polar surface area (TPSA) is 59.4 Å². The summed E-state index contributed by atoms with van der Waals surface area (Å²) < 4.78 is 7.56. The average Bonchev–Trinajstić information content (AvgIpc) is 3.11. The molecule has 2 aromatic rings. The van der Waals surface area contributed by atoms with Crippen LogP contribution in [-0.4, -0.2) is 34.8 Å². The summed E-state index contributed by atoms with van der Waals surface area (Å²) in [6.45, 7) is 7.00. The highest BCUT2D eigenvalue weighted by Gasteiger charge is 2.29. The monoisotopic (exact) mass is 328 g/mol. The SMILES string of the molecule is CNCc1nccn1-c1ccc2c(c1)CCN2C(=O)OC(C)(C)C. The summed E-state index contributed by atoms with van der Waals surface area (Å²) >= 11 is 0. The Morgan fingerprint density at radius 1 is 1.38 bits per heavy atom. The summed E-state index contributed by atoms with van der Waals surface area (Å²) in [5.41, 5.74) is 2.66. The van der Waals surface area contributed by atoms with Gasteiger partial charge in [0.15, 0.2) is 0 Å². The molecule has 0 unspecified atom stereocenters.